The topological polar surface area (TPSA) is 52.3 Å². The minimum absolute atomic E-state index is 0.192. The lowest BCUT2D eigenvalue weighted by molar-refractivity contribution is -0.123. The van der Waals surface area contributed by atoms with Crippen LogP contribution in [0.5, 0.6) is 5.75 Å². The summed E-state index contributed by atoms with van der Waals surface area (Å²) in [5, 5.41) is 0. The molecule has 0 saturated heterocycles. The van der Waals surface area contributed by atoms with Crippen molar-refractivity contribution in [1.29, 1.82) is 0 Å². The molecule has 2 N–H and O–H groups in total. The smallest absolute Gasteiger partial charge is 0.258 e. The van der Waals surface area contributed by atoms with Crippen LogP contribution in [0.1, 0.15) is 6.92 Å². The standard InChI is InChI=1S/C12H14BFNO2/c1-8(14)7-13-10-3-5-11(6-4-10)17-9(2)12(15)16/h3-6,9H,1,7H2,2H3,(H2,15,16). The monoisotopic (exact) mass is 234 g/mol. The number of rotatable bonds is 6. The molecular formula is C12H14BFNO2. The van der Waals surface area contributed by atoms with Crippen LogP contribution >= 0.6 is 0 Å². The fourth-order valence-corrected chi connectivity index (χ4v) is 1.17. The van der Waals surface area contributed by atoms with Gasteiger partial charge in [-0.05, 0) is 25.4 Å². The van der Waals surface area contributed by atoms with E-state index in [0.29, 0.717) is 5.75 Å². The molecule has 0 aliphatic rings. The van der Waals surface area contributed by atoms with Crippen LogP contribution in [-0.2, 0) is 4.79 Å². The summed E-state index contributed by atoms with van der Waals surface area (Å²) in [6.07, 6.45) is -0.479. The fraction of sp³-hybridized carbons (Fsp3) is 0.250. The molecular weight excluding hydrogens is 220 g/mol. The Hall–Kier alpha value is -1.78. The van der Waals surface area contributed by atoms with Gasteiger partial charge in [0.25, 0.3) is 5.91 Å². The molecule has 1 amide bonds. The zero-order valence-corrected chi connectivity index (χ0v) is 9.65. The van der Waals surface area contributed by atoms with Crippen molar-refractivity contribution in [2.75, 3.05) is 0 Å². The number of halogens is 1. The average molecular weight is 234 g/mol. The Kier molecular flexibility index (Phi) is 4.76. The third-order valence-corrected chi connectivity index (χ3v) is 2.15. The molecule has 0 bridgehead atoms. The second-order valence-electron chi connectivity index (χ2n) is 3.66. The molecule has 1 aromatic carbocycles. The van der Waals surface area contributed by atoms with Gasteiger partial charge in [-0.1, -0.05) is 24.2 Å². The number of benzene rings is 1. The highest BCUT2D eigenvalue weighted by Crippen LogP contribution is 2.10. The van der Waals surface area contributed by atoms with E-state index in [1.54, 1.807) is 38.5 Å². The number of carbonyl (C=O) groups excluding carboxylic acids is 1. The average Bonchev–Trinajstić information content (AvgIpc) is 2.28. The number of hydrogen-bond acceptors (Lipinski definition) is 2. The third kappa shape index (κ3) is 4.72. The zero-order chi connectivity index (χ0) is 12.8. The number of primary amides is 1. The van der Waals surface area contributed by atoms with E-state index in [4.69, 9.17) is 10.5 Å². The van der Waals surface area contributed by atoms with Gasteiger partial charge in [-0.15, -0.1) is 0 Å². The lowest BCUT2D eigenvalue weighted by atomic mass is 9.67. The van der Waals surface area contributed by atoms with E-state index in [9.17, 15) is 9.18 Å². The second kappa shape index (κ2) is 6.08. The van der Waals surface area contributed by atoms with Crippen molar-refractivity contribution < 1.29 is 13.9 Å². The lowest BCUT2D eigenvalue weighted by Gasteiger charge is -2.11. The van der Waals surface area contributed by atoms with E-state index in [-0.39, 0.29) is 12.1 Å². The number of carbonyl (C=O) groups is 1. The number of nitrogens with two attached hydrogens (primary N) is 1. The Morgan fingerprint density at radius 3 is 2.59 bits per heavy atom. The minimum Gasteiger partial charge on any atom is -0.481 e. The van der Waals surface area contributed by atoms with E-state index in [2.05, 4.69) is 6.58 Å². The molecule has 1 aromatic rings. The van der Waals surface area contributed by atoms with Crippen LogP contribution in [0.15, 0.2) is 36.7 Å². The number of amides is 1. The normalized spacial score (nSPS) is 11.6. The number of allylic oxidation sites excluding steroid dienone is 1. The Bertz CT molecular complexity index is 405. The predicted molar refractivity (Wildman–Crippen MR) is 66.2 cm³/mol. The van der Waals surface area contributed by atoms with E-state index in [1.807, 2.05) is 0 Å². The summed E-state index contributed by atoms with van der Waals surface area (Å²) >= 11 is 0. The van der Waals surface area contributed by atoms with Crippen molar-refractivity contribution in [3.05, 3.63) is 36.7 Å². The summed E-state index contributed by atoms with van der Waals surface area (Å²) < 4.78 is 17.7. The SMILES string of the molecule is C=C(F)C[B]c1ccc(OC(C)C(N)=O)cc1. The molecule has 1 rings (SSSR count). The summed E-state index contributed by atoms with van der Waals surface area (Å²) in [5.74, 6) is -0.352. The first-order chi connectivity index (χ1) is 7.99. The van der Waals surface area contributed by atoms with Crippen molar-refractivity contribution in [2.24, 2.45) is 5.73 Å². The maximum atomic E-state index is 12.4. The maximum Gasteiger partial charge on any atom is 0.258 e. The van der Waals surface area contributed by atoms with Gasteiger partial charge in [0, 0.05) is 0 Å². The molecule has 0 fully saturated rings. The molecule has 1 unspecified atom stereocenters. The van der Waals surface area contributed by atoms with Crippen LogP contribution in [0, 0.1) is 0 Å². The Morgan fingerprint density at radius 1 is 1.53 bits per heavy atom. The molecule has 0 aromatic heterocycles. The molecule has 0 saturated carbocycles. The Balaban J connectivity index is 2.55. The first-order valence-electron chi connectivity index (χ1n) is 5.21. The van der Waals surface area contributed by atoms with Crippen molar-refractivity contribution >= 4 is 18.6 Å². The molecule has 89 valence electrons. The van der Waals surface area contributed by atoms with Gasteiger partial charge in [0.2, 0.25) is 0 Å². The van der Waals surface area contributed by atoms with Crippen molar-refractivity contribution in [3.63, 3.8) is 0 Å². The molecule has 17 heavy (non-hydrogen) atoms. The fourth-order valence-electron chi connectivity index (χ4n) is 1.17. The first-order valence-corrected chi connectivity index (χ1v) is 5.21. The van der Waals surface area contributed by atoms with Crippen LogP contribution < -0.4 is 15.9 Å². The highest BCUT2D eigenvalue weighted by Gasteiger charge is 2.09. The quantitative estimate of drug-likeness (QED) is 0.751. The maximum absolute atomic E-state index is 12.4. The van der Waals surface area contributed by atoms with Crippen LogP contribution in [0.2, 0.25) is 6.32 Å². The van der Waals surface area contributed by atoms with E-state index in [1.165, 1.54) is 0 Å². The van der Waals surface area contributed by atoms with Crippen LogP contribution in [0.3, 0.4) is 0 Å². The zero-order valence-electron chi connectivity index (χ0n) is 9.65. The molecule has 0 aliphatic heterocycles. The van der Waals surface area contributed by atoms with Crippen molar-refractivity contribution in [2.45, 2.75) is 19.3 Å². The van der Waals surface area contributed by atoms with Gasteiger partial charge in [0.05, 0.1) is 5.83 Å². The summed E-state index contributed by atoms with van der Waals surface area (Å²) in [7, 11) is 1.71. The summed E-state index contributed by atoms with van der Waals surface area (Å²) in [6, 6.07) is 6.94. The van der Waals surface area contributed by atoms with Gasteiger partial charge in [-0.2, -0.15) is 0 Å². The molecule has 3 nitrogen and oxygen atoms in total. The predicted octanol–water partition coefficient (Wildman–Crippen LogP) is 1.17. The first kappa shape index (κ1) is 13.3. The largest absolute Gasteiger partial charge is 0.481 e. The van der Waals surface area contributed by atoms with Gasteiger partial charge >= 0.3 is 0 Å². The van der Waals surface area contributed by atoms with E-state index in [0.717, 1.165) is 5.46 Å². The van der Waals surface area contributed by atoms with Gasteiger partial charge in [0.15, 0.2) is 13.4 Å². The van der Waals surface area contributed by atoms with E-state index < -0.39 is 12.0 Å². The molecule has 1 radical (unpaired) electrons. The van der Waals surface area contributed by atoms with Gasteiger partial charge in [0.1, 0.15) is 5.75 Å². The molecule has 0 spiro atoms. The summed E-state index contributed by atoms with van der Waals surface area (Å²) in [4.78, 5) is 10.8. The van der Waals surface area contributed by atoms with Gasteiger partial charge in [-0.25, -0.2) is 4.39 Å². The number of ether oxygens (including phenoxy) is 1. The van der Waals surface area contributed by atoms with Crippen LogP contribution in [-0.4, -0.2) is 19.3 Å². The molecule has 5 heteroatoms. The molecule has 0 aliphatic carbocycles. The summed E-state index contributed by atoms with van der Waals surface area (Å²) in [5.41, 5.74) is 5.94. The second-order valence-corrected chi connectivity index (χ2v) is 3.66. The highest BCUT2D eigenvalue weighted by atomic mass is 19.1. The summed E-state index contributed by atoms with van der Waals surface area (Å²) in [6.45, 7) is 4.75. The van der Waals surface area contributed by atoms with Crippen LogP contribution in [0.4, 0.5) is 4.39 Å². The minimum atomic E-state index is -0.671. The van der Waals surface area contributed by atoms with E-state index >= 15 is 0 Å². The molecule has 0 heterocycles. The highest BCUT2D eigenvalue weighted by molar-refractivity contribution is 6.53. The Morgan fingerprint density at radius 2 is 2.12 bits per heavy atom. The van der Waals surface area contributed by atoms with Gasteiger partial charge < -0.3 is 10.5 Å². The van der Waals surface area contributed by atoms with Crippen LogP contribution in [0.25, 0.3) is 0 Å². The van der Waals surface area contributed by atoms with Gasteiger partial charge in [-0.3, -0.25) is 4.79 Å². The Labute approximate surface area is 101 Å². The third-order valence-electron chi connectivity index (χ3n) is 2.15. The van der Waals surface area contributed by atoms with Crippen molar-refractivity contribution in [1.82, 2.24) is 0 Å². The lowest BCUT2D eigenvalue weighted by Crippen LogP contribution is -2.30. The number of hydrogen-bond donors (Lipinski definition) is 1. The molecule has 1 atom stereocenters. The van der Waals surface area contributed by atoms with Crippen molar-refractivity contribution in [3.8, 4) is 5.75 Å².